The van der Waals surface area contributed by atoms with Crippen LogP contribution in [-0.4, -0.2) is 44.7 Å². The lowest BCUT2D eigenvalue weighted by Gasteiger charge is -2.34. The van der Waals surface area contributed by atoms with E-state index in [1.807, 2.05) is 31.2 Å². The molecule has 8 nitrogen and oxygen atoms in total. The summed E-state index contributed by atoms with van der Waals surface area (Å²) in [6.45, 7) is 5.42. The largest absolute Gasteiger partial charge is 0.452 e. The van der Waals surface area contributed by atoms with E-state index in [9.17, 15) is 14.7 Å². The number of carbonyl (C=O) groups excluding carboxylic acids is 2. The smallest absolute Gasteiger partial charge is 0.414 e. The van der Waals surface area contributed by atoms with Crippen molar-refractivity contribution in [3.63, 3.8) is 0 Å². The molecular weight excluding hydrogens is 456 g/mol. The van der Waals surface area contributed by atoms with Crippen molar-refractivity contribution in [1.82, 2.24) is 14.5 Å². The molecule has 1 aliphatic carbocycles. The van der Waals surface area contributed by atoms with Crippen LogP contribution in [0.25, 0.3) is 11.0 Å². The zero-order valence-corrected chi connectivity index (χ0v) is 21.4. The number of nitrogens with zero attached hydrogens (tertiary/aromatic N) is 4. The molecule has 4 atom stereocenters. The lowest BCUT2D eigenvalue weighted by atomic mass is 9.83. The van der Waals surface area contributed by atoms with Crippen LogP contribution in [0.4, 0.5) is 10.5 Å². The molecule has 0 unspecified atom stereocenters. The summed E-state index contributed by atoms with van der Waals surface area (Å²) in [6, 6.07) is 9.47. The van der Waals surface area contributed by atoms with E-state index in [4.69, 9.17) is 9.72 Å². The standard InChI is InChI=1S/C28H34N4O4/c1-17-11-12-21-22(31(17)27(34)36-4)13-14-23-25(21)30-26(28(3,35)24-10-5-6-15-29-24)32(23)20-9-7-8-19(16-20)18(2)33/h5-6,10,13-15,17,19-20,35H,7-9,11-12,16H2,1-4H3/t17-,19+,20+,28-/m0/s1. The molecule has 5 rings (SSSR count). The molecule has 0 radical (unpaired) electrons. The molecule has 2 aromatic heterocycles. The van der Waals surface area contributed by atoms with Crippen molar-refractivity contribution in [3.05, 3.63) is 53.6 Å². The van der Waals surface area contributed by atoms with E-state index in [1.165, 1.54) is 7.11 Å². The van der Waals surface area contributed by atoms with E-state index >= 15 is 0 Å². The van der Waals surface area contributed by atoms with Crippen LogP contribution in [0.2, 0.25) is 0 Å². The van der Waals surface area contributed by atoms with Crippen LogP contribution >= 0.6 is 0 Å². The molecule has 1 amide bonds. The summed E-state index contributed by atoms with van der Waals surface area (Å²) in [6.07, 6.45) is 6.29. The normalized spacial score (nSPS) is 23.7. The third-order valence-corrected chi connectivity index (χ3v) is 8.01. The number of methoxy groups -OCH3 is 1. The molecule has 3 heterocycles. The summed E-state index contributed by atoms with van der Waals surface area (Å²) in [5.74, 6) is 0.728. The summed E-state index contributed by atoms with van der Waals surface area (Å²) < 4.78 is 7.22. The number of ether oxygens (including phenoxy) is 1. The molecular formula is C28H34N4O4. The van der Waals surface area contributed by atoms with E-state index in [-0.39, 0.29) is 29.9 Å². The van der Waals surface area contributed by atoms with E-state index in [0.717, 1.165) is 54.4 Å². The minimum absolute atomic E-state index is 0.00198. The highest BCUT2D eigenvalue weighted by atomic mass is 16.5. The second-order valence-corrected chi connectivity index (χ2v) is 10.4. The Bertz CT molecular complexity index is 1300. The van der Waals surface area contributed by atoms with E-state index in [2.05, 4.69) is 9.55 Å². The maximum absolute atomic E-state index is 12.6. The zero-order chi connectivity index (χ0) is 25.6. The minimum Gasteiger partial charge on any atom is -0.452 e. The predicted octanol–water partition coefficient (Wildman–Crippen LogP) is 4.91. The Hall–Kier alpha value is -3.26. The van der Waals surface area contributed by atoms with E-state index in [0.29, 0.717) is 17.9 Å². The van der Waals surface area contributed by atoms with Gasteiger partial charge < -0.3 is 14.4 Å². The minimum atomic E-state index is -1.44. The van der Waals surface area contributed by atoms with Gasteiger partial charge in [0.2, 0.25) is 0 Å². The first-order valence-electron chi connectivity index (χ1n) is 12.8. The number of rotatable bonds is 4. The average Bonchev–Trinajstić information content (AvgIpc) is 3.29. The van der Waals surface area contributed by atoms with Gasteiger partial charge in [0.1, 0.15) is 11.6 Å². The quantitative estimate of drug-likeness (QED) is 0.558. The number of aryl methyl sites for hydroxylation is 1. The lowest BCUT2D eigenvalue weighted by Crippen LogP contribution is -2.42. The fourth-order valence-electron chi connectivity index (χ4n) is 6.02. The average molecular weight is 491 g/mol. The Balaban J connectivity index is 1.73. The first kappa shape index (κ1) is 24.4. The molecule has 0 spiro atoms. The number of Topliss-reactive ketones (excluding diaryl/α,β-unsaturated/α-hetero) is 1. The lowest BCUT2D eigenvalue weighted by molar-refractivity contribution is -0.122. The van der Waals surface area contributed by atoms with Gasteiger partial charge in [-0.25, -0.2) is 9.78 Å². The number of hydrogen-bond acceptors (Lipinski definition) is 6. The van der Waals surface area contributed by atoms with E-state index < -0.39 is 5.60 Å². The fourth-order valence-corrected chi connectivity index (χ4v) is 6.02. The van der Waals surface area contributed by atoms with Crippen molar-refractivity contribution >= 4 is 28.6 Å². The number of amides is 1. The second kappa shape index (κ2) is 9.32. The van der Waals surface area contributed by atoms with Gasteiger partial charge >= 0.3 is 6.09 Å². The third-order valence-electron chi connectivity index (χ3n) is 8.01. The molecule has 36 heavy (non-hydrogen) atoms. The fraction of sp³-hybridized carbons (Fsp3) is 0.500. The Morgan fingerprint density at radius 3 is 2.67 bits per heavy atom. The van der Waals surface area contributed by atoms with Gasteiger partial charge in [-0.05, 0) is 77.1 Å². The molecule has 1 saturated carbocycles. The van der Waals surface area contributed by atoms with Crippen molar-refractivity contribution in [3.8, 4) is 0 Å². The predicted molar refractivity (Wildman–Crippen MR) is 137 cm³/mol. The molecule has 1 N–H and O–H groups in total. The highest BCUT2D eigenvalue weighted by Crippen LogP contribution is 2.43. The van der Waals surface area contributed by atoms with Crippen molar-refractivity contribution in [2.24, 2.45) is 5.92 Å². The Morgan fingerprint density at radius 2 is 1.97 bits per heavy atom. The molecule has 8 heteroatoms. The number of hydrogen-bond donors (Lipinski definition) is 1. The highest BCUT2D eigenvalue weighted by Gasteiger charge is 2.39. The number of aromatic nitrogens is 3. The molecule has 1 aromatic carbocycles. The van der Waals surface area contributed by atoms with Crippen molar-refractivity contribution in [2.45, 2.75) is 77.0 Å². The molecule has 1 aliphatic heterocycles. The van der Waals surface area contributed by atoms with Crippen LogP contribution in [0.1, 0.15) is 76.0 Å². The molecule has 190 valence electrons. The number of fused-ring (bicyclic) bond motifs is 3. The van der Waals surface area contributed by atoms with Crippen molar-refractivity contribution < 1.29 is 19.4 Å². The number of anilines is 1. The van der Waals surface area contributed by atoms with Crippen molar-refractivity contribution in [1.29, 1.82) is 0 Å². The van der Waals surface area contributed by atoms with Crippen LogP contribution in [0.3, 0.4) is 0 Å². The van der Waals surface area contributed by atoms with E-state index in [1.54, 1.807) is 31.0 Å². The maximum Gasteiger partial charge on any atom is 0.414 e. The Morgan fingerprint density at radius 1 is 1.17 bits per heavy atom. The van der Waals surface area contributed by atoms with Gasteiger partial charge in [-0.15, -0.1) is 0 Å². The van der Waals surface area contributed by atoms with Gasteiger partial charge in [-0.1, -0.05) is 12.5 Å². The Kier molecular flexibility index (Phi) is 6.32. The summed E-state index contributed by atoms with van der Waals surface area (Å²) >= 11 is 0. The summed E-state index contributed by atoms with van der Waals surface area (Å²) in [5.41, 5.74) is 2.54. The number of aliphatic hydroxyl groups is 1. The summed E-state index contributed by atoms with van der Waals surface area (Å²) in [4.78, 5) is 36.1. The first-order chi connectivity index (χ1) is 17.2. The third kappa shape index (κ3) is 3.97. The van der Waals surface area contributed by atoms with Crippen LogP contribution in [0.15, 0.2) is 36.5 Å². The van der Waals surface area contributed by atoms with Gasteiger partial charge in [0.05, 0.1) is 29.5 Å². The molecule has 0 bridgehead atoms. The van der Waals surface area contributed by atoms with Gasteiger partial charge in [-0.3, -0.25) is 14.7 Å². The van der Waals surface area contributed by atoms with Crippen molar-refractivity contribution in [2.75, 3.05) is 12.0 Å². The van der Waals surface area contributed by atoms with Gasteiger partial charge in [0.25, 0.3) is 0 Å². The molecule has 2 aliphatic rings. The van der Waals surface area contributed by atoms with Crippen LogP contribution in [-0.2, 0) is 21.6 Å². The number of ketones is 1. The van der Waals surface area contributed by atoms with Crippen LogP contribution in [0.5, 0.6) is 0 Å². The monoisotopic (exact) mass is 490 g/mol. The molecule has 1 fully saturated rings. The number of carbonyl (C=O) groups is 2. The second-order valence-electron chi connectivity index (χ2n) is 10.4. The molecule has 3 aromatic rings. The zero-order valence-electron chi connectivity index (χ0n) is 21.4. The van der Waals surface area contributed by atoms with Crippen LogP contribution < -0.4 is 4.90 Å². The Labute approximate surface area is 211 Å². The topological polar surface area (TPSA) is 97.5 Å². The van der Waals surface area contributed by atoms with Crippen LogP contribution in [0, 0.1) is 5.92 Å². The SMILES string of the molecule is COC(=O)N1c2ccc3c(nc([C@@](C)(O)c4ccccn4)n3[C@@H]3CCC[C@@H](C(C)=O)C3)c2CC[C@@H]1C. The van der Waals surface area contributed by atoms with Gasteiger partial charge in [0, 0.05) is 29.8 Å². The first-order valence-corrected chi connectivity index (χ1v) is 12.8. The summed E-state index contributed by atoms with van der Waals surface area (Å²) in [5, 5.41) is 11.9. The number of pyridine rings is 1. The maximum atomic E-state index is 12.6. The summed E-state index contributed by atoms with van der Waals surface area (Å²) in [7, 11) is 1.40. The highest BCUT2D eigenvalue weighted by molar-refractivity contribution is 5.95. The number of benzene rings is 1. The van der Waals surface area contributed by atoms with Gasteiger partial charge in [0.15, 0.2) is 5.60 Å². The van der Waals surface area contributed by atoms with Gasteiger partial charge in [-0.2, -0.15) is 0 Å². The molecule has 0 saturated heterocycles. The number of imidazole rings is 1.